The molecule has 0 amide bonds. The highest BCUT2D eigenvalue weighted by molar-refractivity contribution is 6.33. The van der Waals surface area contributed by atoms with Crippen LogP contribution < -0.4 is 10.5 Å². The molecule has 0 aromatic heterocycles. The fraction of sp³-hybridized carbons (Fsp3) is 0.647. The minimum atomic E-state index is 0.0936. The van der Waals surface area contributed by atoms with Gasteiger partial charge >= 0.3 is 0 Å². The van der Waals surface area contributed by atoms with E-state index in [-0.39, 0.29) is 11.5 Å². The van der Waals surface area contributed by atoms with Crippen LogP contribution in [0.4, 0.5) is 0 Å². The Kier molecular flexibility index (Phi) is 3.72. The van der Waals surface area contributed by atoms with Gasteiger partial charge < -0.3 is 10.5 Å². The SMILES string of the molecule is COc1c(C2(C(C)N)CC2)cc2c(c1Cl)CCCCC2. The van der Waals surface area contributed by atoms with E-state index in [1.807, 2.05) is 0 Å². The Labute approximate surface area is 126 Å². The normalized spacial score (nSPS) is 21.8. The molecule has 1 aromatic carbocycles. The summed E-state index contributed by atoms with van der Waals surface area (Å²) in [4.78, 5) is 0. The summed E-state index contributed by atoms with van der Waals surface area (Å²) >= 11 is 6.68. The third-order valence-corrected chi connectivity index (χ3v) is 5.59. The first-order chi connectivity index (χ1) is 9.60. The molecular weight excluding hydrogens is 270 g/mol. The van der Waals surface area contributed by atoms with E-state index in [2.05, 4.69) is 13.0 Å². The van der Waals surface area contributed by atoms with Crippen LogP contribution in [0.25, 0.3) is 0 Å². The fourth-order valence-corrected chi connectivity index (χ4v) is 4.08. The van der Waals surface area contributed by atoms with E-state index in [1.54, 1.807) is 7.11 Å². The van der Waals surface area contributed by atoms with Crippen molar-refractivity contribution in [3.63, 3.8) is 0 Å². The zero-order valence-corrected chi connectivity index (χ0v) is 13.2. The number of benzene rings is 1. The number of hydrogen-bond donors (Lipinski definition) is 1. The molecule has 0 spiro atoms. The Hall–Kier alpha value is -0.730. The molecule has 0 saturated heterocycles. The number of fused-ring (bicyclic) bond motifs is 1. The van der Waals surface area contributed by atoms with Gasteiger partial charge in [-0.3, -0.25) is 0 Å². The molecule has 0 radical (unpaired) electrons. The number of rotatable bonds is 3. The molecule has 110 valence electrons. The Balaban J connectivity index is 2.15. The van der Waals surface area contributed by atoms with Crippen molar-refractivity contribution in [1.29, 1.82) is 0 Å². The molecule has 2 N–H and O–H groups in total. The summed E-state index contributed by atoms with van der Waals surface area (Å²) in [6.45, 7) is 2.10. The molecule has 1 fully saturated rings. The monoisotopic (exact) mass is 293 g/mol. The van der Waals surface area contributed by atoms with Crippen LogP contribution in [0.3, 0.4) is 0 Å². The second-order valence-electron chi connectivity index (χ2n) is 6.41. The maximum atomic E-state index is 6.68. The van der Waals surface area contributed by atoms with E-state index in [0.717, 1.165) is 36.5 Å². The minimum absolute atomic E-state index is 0.0936. The van der Waals surface area contributed by atoms with Gasteiger partial charge in [-0.2, -0.15) is 0 Å². The molecule has 1 atom stereocenters. The molecule has 1 aromatic rings. The Morgan fingerprint density at radius 2 is 1.95 bits per heavy atom. The molecule has 2 aliphatic carbocycles. The van der Waals surface area contributed by atoms with Gasteiger partial charge in [0.25, 0.3) is 0 Å². The number of halogens is 1. The third-order valence-electron chi connectivity index (χ3n) is 5.19. The maximum Gasteiger partial charge on any atom is 0.141 e. The number of hydrogen-bond acceptors (Lipinski definition) is 2. The number of methoxy groups -OCH3 is 1. The van der Waals surface area contributed by atoms with Gasteiger partial charge in [-0.05, 0) is 56.6 Å². The van der Waals surface area contributed by atoms with Crippen LogP contribution in [0.1, 0.15) is 55.7 Å². The van der Waals surface area contributed by atoms with E-state index < -0.39 is 0 Å². The van der Waals surface area contributed by atoms with E-state index in [0.29, 0.717) is 0 Å². The van der Waals surface area contributed by atoms with Crippen molar-refractivity contribution in [2.24, 2.45) is 5.73 Å². The second-order valence-corrected chi connectivity index (χ2v) is 6.79. The van der Waals surface area contributed by atoms with E-state index in [1.165, 1.54) is 36.0 Å². The molecule has 20 heavy (non-hydrogen) atoms. The van der Waals surface area contributed by atoms with Crippen molar-refractivity contribution in [3.8, 4) is 5.75 Å². The second kappa shape index (κ2) is 5.23. The van der Waals surface area contributed by atoms with Crippen molar-refractivity contribution in [2.75, 3.05) is 7.11 Å². The first-order valence-corrected chi connectivity index (χ1v) is 8.12. The molecule has 0 aliphatic heterocycles. The van der Waals surface area contributed by atoms with Gasteiger partial charge in [-0.15, -0.1) is 0 Å². The van der Waals surface area contributed by atoms with Crippen LogP contribution in [0.2, 0.25) is 5.02 Å². The van der Waals surface area contributed by atoms with Crippen LogP contribution in [0.5, 0.6) is 5.75 Å². The lowest BCUT2D eigenvalue weighted by Gasteiger charge is -2.25. The first kappa shape index (κ1) is 14.2. The van der Waals surface area contributed by atoms with Gasteiger partial charge in [0, 0.05) is 17.0 Å². The van der Waals surface area contributed by atoms with Crippen molar-refractivity contribution >= 4 is 11.6 Å². The average Bonchev–Trinajstić information content (AvgIpc) is 3.23. The topological polar surface area (TPSA) is 35.2 Å². The van der Waals surface area contributed by atoms with Crippen molar-refractivity contribution < 1.29 is 4.74 Å². The Bertz CT molecular complexity index is 520. The summed E-state index contributed by atoms with van der Waals surface area (Å²) < 4.78 is 5.67. The third kappa shape index (κ3) is 2.14. The Morgan fingerprint density at radius 1 is 1.25 bits per heavy atom. The summed E-state index contributed by atoms with van der Waals surface area (Å²) in [5, 5.41) is 0.842. The molecule has 3 heteroatoms. The largest absolute Gasteiger partial charge is 0.495 e. The number of aryl methyl sites for hydroxylation is 1. The van der Waals surface area contributed by atoms with Crippen LogP contribution in [-0.4, -0.2) is 13.2 Å². The van der Waals surface area contributed by atoms with Crippen LogP contribution >= 0.6 is 11.6 Å². The zero-order chi connectivity index (χ0) is 14.3. The highest BCUT2D eigenvalue weighted by Gasteiger charge is 2.49. The van der Waals surface area contributed by atoms with E-state index >= 15 is 0 Å². The molecule has 1 unspecified atom stereocenters. The molecule has 3 rings (SSSR count). The summed E-state index contributed by atoms with van der Waals surface area (Å²) in [6.07, 6.45) is 8.30. The quantitative estimate of drug-likeness (QED) is 0.855. The van der Waals surface area contributed by atoms with E-state index in [4.69, 9.17) is 22.1 Å². The minimum Gasteiger partial charge on any atom is -0.495 e. The van der Waals surface area contributed by atoms with Gasteiger partial charge in [-0.1, -0.05) is 24.1 Å². The van der Waals surface area contributed by atoms with Crippen molar-refractivity contribution in [3.05, 3.63) is 27.8 Å². The fourth-order valence-electron chi connectivity index (χ4n) is 3.68. The molecule has 0 bridgehead atoms. The van der Waals surface area contributed by atoms with Gasteiger partial charge in [0.1, 0.15) is 5.75 Å². The van der Waals surface area contributed by atoms with E-state index in [9.17, 15) is 0 Å². The molecular formula is C17H24ClNO. The highest BCUT2D eigenvalue weighted by Crippen LogP contribution is 2.55. The molecule has 1 saturated carbocycles. The van der Waals surface area contributed by atoms with Gasteiger partial charge in [0.2, 0.25) is 0 Å². The van der Waals surface area contributed by atoms with Crippen molar-refractivity contribution in [2.45, 2.75) is 63.3 Å². The summed E-state index contributed by atoms with van der Waals surface area (Å²) in [7, 11) is 1.73. The molecule has 2 nitrogen and oxygen atoms in total. The number of nitrogens with two attached hydrogens (primary N) is 1. The van der Waals surface area contributed by atoms with Crippen LogP contribution in [0.15, 0.2) is 6.07 Å². The lowest BCUT2D eigenvalue weighted by Crippen LogP contribution is -2.32. The summed E-state index contributed by atoms with van der Waals surface area (Å²) in [5.41, 5.74) is 10.3. The summed E-state index contributed by atoms with van der Waals surface area (Å²) in [6, 6.07) is 2.50. The zero-order valence-electron chi connectivity index (χ0n) is 12.5. The highest BCUT2D eigenvalue weighted by atomic mass is 35.5. The molecule has 0 heterocycles. The van der Waals surface area contributed by atoms with Gasteiger partial charge in [-0.25, -0.2) is 0 Å². The predicted octanol–water partition coefficient (Wildman–Crippen LogP) is 4.00. The first-order valence-electron chi connectivity index (χ1n) is 7.74. The van der Waals surface area contributed by atoms with Crippen molar-refractivity contribution in [1.82, 2.24) is 0 Å². The summed E-state index contributed by atoms with van der Waals surface area (Å²) in [5.74, 6) is 0.877. The Morgan fingerprint density at radius 3 is 2.55 bits per heavy atom. The molecule has 2 aliphatic rings. The maximum absolute atomic E-state index is 6.68. The predicted molar refractivity (Wildman–Crippen MR) is 83.8 cm³/mol. The lowest BCUT2D eigenvalue weighted by molar-refractivity contribution is 0.398. The van der Waals surface area contributed by atoms with Crippen LogP contribution in [0, 0.1) is 0 Å². The lowest BCUT2D eigenvalue weighted by atomic mass is 9.85. The van der Waals surface area contributed by atoms with Gasteiger partial charge in [0.05, 0.1) is 12.1 Å². The standard InChI is InChI=1S/C17H24ClNO/c1-11(19)17(8-9-17)14-10-12-6-4-3-5-7-13(12)15(18)16(14)20-2/h10-11H,3-9,19H2,1-2H3. The number of ether oxygens (including phenoxy) is 1. The smallest absolute Gasteiger partial charge is 0.141 e. The van der Waals surface area contributed by atoms with Gasteiger partial charge in [0.15, 0.2) is 0 Å². The average molecular weight is 294 g/mol. The van der Waals surface area contributed by atoms with Crippen LogP contribution in [-0.2, 0) is 18.3 Å².